The highest BCUT2D eigenvalue weighted by atomic mass is 35.5. The van der Waals surface area contributed by atoms with Gasteiger partial charge in [-0.2, -0.15) is 0 Å². The number of halogens is 1. The van der Waals surface area contributed by atoms with E-state index in [-0.39, 0.29) is 33.1 Å². The molecule has 0 fully saturated rings. The van der Waals surface area contributed by atoms with Crippen LogP contribution in [0.1, 0.15) is 45.6 Å². The molecule has 0 aliphatic heterocycles. The number of hydrogen-bond acceptors (Lipinski definition) is 3. The third kappa shape index (κ3) is 5.27. The Morgan fingerprint density at radius 3 is 2.19 bits per heavy atom. The van der Waals surface area contributed by atoms with Crippen molar-refractivity contribution in [3.05, 3.63) is 93.5 Å². The molecule has 1 atom stereocenters. The topological polar surface area (TPSA) is 75.3 Å². The van der Waals surface area contributed by atoms with Gasteiger partial charge in [0.15, 0.2) is 0 Å². The highest BCUT2D eigenvalue weighted by Gasteiger charge is 2.18. The van der Waals surface area contributed by atoms with E-state index in [9.17, 15) is 13.2 Å². The van der Waals surface area contributed by atoms with E-state index < -0.39 is 10.0 Å². The summed E-state index contributed by atoms with van der Waals surface area (Å²) >= 11 is 6.31. The highest BCUT2D eigenvalue weighted by Crippen LogP contribution is 2.26. The summed E-state index contributed by atoms with van der Waals surface area (Å²) < 4.78 is 27.5. The largest absolute Gasteiger partial charge is 0.345 e. The molecule has 3 aromatic rings. The average Bonchev–Trinajstić information content (AvgIpc) is 2.71. The van der Waals surface area contributed by atoms with Gasteiger partial charge in [0.05, 0.1) is 27.2 Å². The summed E-state index contributed by atoms with van der Waals surface area (Å²) in [6, 6.07) is 16.5. The number of benzene rings is 3. The van der Waals surface area contributed by atoms with Crippen molar-refractivity contribution in [2.45, 2.75) is 38.6 Å². The number of carbonyl (C=O) groups excluding carboxylic acids is 1. The molecule has 31 heavy (non-hydrogen) atoms. The van der Waals surface area contributed by atoms with E-state index >= 15 is 0 Å². The number of anilines is 1. The Balaban J connectivity index is 1.77. The normalized spacial score (nSPS) is 12.3. The molecular weight excluding hydrogens is 432 g/mol. The Kier molecular flexibility index (Phi) is 6.72. The first kappa shape index (κ1) is 22.8. The smallest absolute Gasteiger partial charge is 0.261 e. The van der Waals surface area contributed by atoms with E-state index in [0.717, 1.165) is 16.7 Å². The lowest BCUT2D eigenvalue weighted by Gasteiger charge is -2.19. The molecule has 0 heterocycles. The number of aryl methyl sites for hydroxylation is 3. The van der Waals surface area contributed by atoms with E-state index in [1.807, 2.05) is 20.8 Å². The van der Waals surface area contributed by atoms with Gasteiger partial charge in [-0.15, -0.1) is 0 Å². The summed E-state index contributed by atoms with van der Waals surface area (Å²) in [5, 5.41) is 3.13. The van der Waals surface area contributed by atoms with Gasteiger partial charge in [0.2, 0.25) is 0 Å². The van der Waals surface area contributed by atoms with Crippen LogP contribution < -0.4 is 10.0 Å². The van der Waals surface area contributed by atoms with Crippen molar-refractivity contribution in [2.75, 3.05) is 4.72 Å². The zero-order chi connectivity index (χ0) is 22.8. The maximum atomic E-state index is 12.8. The van der Waals surface area contributed by atoms with Crippen LogP contribution in [0.5, 0.6) is 0 Å². The summed E-state index contributed by atoms with van der Waals surface area (Å²) in [4.78, 5) is 12.9. The van der Waals surface area contributed by atoms with E-state index in [1.54, 1.807) is 18.2 Å². The molecule has 0 saturated heterocycles. The van der Waals surface area contributed by atoms with E-state index in [4.69, 9.17) is 11.6 Å². The standard InChI is InChI=1S/C24H25ClN2O3S/c1-15-12-17(3)22(13-16(15)2)18(4)26-24(28)21-11-10-19(14-23(21)25)27-31(29,30)20-8-6-5-7-9-20/h5-14,18,27H,1-4H3,(H,26,28). The van der Waals surface area contributed by atoms with Gasteiger partial charge < -0.3 is 5.32 Å². The van der Waals surface area contributed by atoms with Gasteiger partial charge in [-0.3, -0.25) is 9.52 Å². The highest BCUT2D eigenvalue weighted by molar-refractivity contribution is 7.92. The van der Waals surface area contributed by atoms with Gasteiger partial charge in [-0.25, -0.2) is 8.42 Å². The van der Waals surface area contributed by atoms with E-state index in [1.165, 1.54) is 35.9 Å². The van der Waals surface area contributed by atoms with Crippen molar-refractivity contribution in [3.63, 3.8) is 0 Å². The summed E-state index contributed by atoms with van der Waals surface area (Å²) in [6.45, 7) is 8.04. The minimum absolute atomic E-state index is 0.144. The quantitative estimate of drug-likeness (QED) is 0.510. The monoisotopic (exact) mass is 456 g/mol. The molecular formula is C24H25ClN2O3S. The molecule has 0 spiro atoms. The molecule has 0 bridgehead atoms. The minimum Gasteiger partial charge on any atom is -0.345 e. The number of carbonyl (C=O) groups is 1. The molecule has 1 amide bonds. The van der Waals surface area contributed by atoms with Gasteiger partial charge in [0, 0.05) is 0 Å². The second kappa shape index (κ2) is 9.12. The first-order valence-electron chi connectivity index (χ1n) is 9.84. The van der Waals surface area contributed by atoms with Crippen molar-refractivity contribution < 1.29 is 13.2 Å². The molecule has 1 unspecified atom stereocenters. The molecule has 2 N–H and O–H groups in total. The second-order valence-corrected chi connectivity index (χ2v) is 9.69. The van der Waals surface area contributed by atoms with Gasteiger partial charge in [0.25, 0.3) is 15.9 Å². The molecule has 0 aliphatic carbocycles. The summed E-state index contributed by atoms with van der Waals surface area (Å²) in [6.07, 6.45) is 0. The molecule has 0 radical (unpaired) electrons. The maximum absolute atomic E-state index is 12.8. The van der Waals surface area contributed by atoms with Gasteiger partial charge in [0.1, 0.15) is 0 Å². The summed E-state index contributed by atoms with van der Waals surface area (Å²) in [7, 11) is -3.74. The minimum atomic E-state index is -3.74. The molecule has 3 aromatic carbocycles. The summed E-state index contributed by atoms with van der Waals surface area (Å²) in [5.41, 5.74) is 5.07. The Bertz CT molecular complexity index is 1230. The SMILES string of the molecule is Cc1cc(C)c(C(C)NC(=O)c2ccc(NS(=O)(=O)c3ccccc3)cc2Cl)cc1C. The zero-order valence-electron chi connectivity index (χ0n) is 17.9. The average molecular weight is 457 g/mol. The van der Waals surface area contributed by atoms with Crippen LogP contribution in [0.4, 0.5) is 5.69 Å². The van der Waals surface area contributed by atoms with Crippen LogP contribution in [0.3, 0.4) is 0 Å². The van der Waals surface area contributed by atoms with Crippen molar-refractivity contribution >= 4 is 33.2 Å². The van der Waals surface area contributed by atoms with Crippen LogP contribution in [0.2, 0.25) is 5.02 Å². The van der Waals surface area contributed by atoms with Crippen LogP contribution >= 0.6 is 11.6 Å². The number of hydrogen-bond donors (Lipinski definition) is 2. The Hall–Kier alpha value is -2.83. The second-order valence-electron chi connectivity index (χ2n) is 7.60. The molecule has 7 heteroatoms. The van der Waals surface area contributed by atoms with Crippen molar-refractivity contribution in [3.8, 4) is 0 Å². The van der Waals surface area contributed by atoms with Crippen LogP contribution in [0.25, 0.3) is 0 Å². The number of amides is 1. The Labute approximate surface area is 188 Å². The van der Waals surface area contributed by atoms with Crippen LogP contribution in [-0.4, -0.2) is 14.3 Å². The van der Waals surface area contributed by atoms with E-state index in [2.05, 4.69) is 29.1 Å². The van der Waals surface area contributed by atoms with E-state index in [0.29, 0.717) is 0 Å². The van der Waals surface area contributed by atoms with Gasteiger partial charge in [-0.1, -0.05) is 41.9 Å². The fraction of sp³-hybridized carbons (Fsp3) is 0.208. The van der Waals surface area contributed by atoms with Crippen LogP contribution in [-0.2, 0) is 10.0 Å². The molecule has 3 rings (SSSR count). The zero-order valence-corrected chi connectivity index (χ0v) is 19.4. The lowest BCUT2D eigenvalue weighted by molar-refractivity contribution is 0.0940. The Morgan fingerprint density at radius 2 is 1.55 bits per heavy atom. The van der Waals surface area contributed by atoms with Crippen LogP contribution in [0, 0.1) is 20.8 Å². The molecule has 0 aromatic heterocycles. The van der Waals surface area contributed by atoms with Gasteiger partial charge >= 0.3 is 0 Å². The lowest BCUT2D eigenvalue weighted by atomic mass is 9.96. The van der Waals surface area contributed by atoms with Crippen molar-refractivity contribution in [2.24, 2.45) is 0 Å². The van der Waals surface area contributed by atoms with Crippen molar-refractivity contribution in [1.82, 2.24) is 5.32 Å². The summed E-state index contributed by atoms with van der Waals surface area (Å²) in [5.74, 6) is -0.326. The predicted molar refractivity (Wildman–Crippen MR) is 125 cm³/mol. The number of sulfonamides is 1. The van der Waals surface area contributed by atoms with Crippen molar-refractivity contribution in [1.29, 1.82) is 0 Å². The first-order valence-corrected chi connectivity index (χ1v) is 11.7. The number of nitrogens with one attached hydrogen (secondary N) is 2. The predicted octanol–water partition coefficient (Wildman–Crippen LogP) is 5.56. The third-order valence-electron chi connectivity index (χ3n) is 5.22. The maximum Gasteiger partial charge on any atom is 0.261 e. The fourth-order valence-electron chi connectivity index (χ4n) is 3.38. The van der Waals surface area contributed by atoms with Crippen LogP contribution in [0.15, 0.2) is 65.6 Å². The first-order chi connectivity index (χ1) is 14.6. The lowest BCUT2D eigenvalue weighted by Crippen LogP contribution is -2.27. The Morgan fingerprint density at radius 1 is 0.903 bits per heavy atom. The molecule has 0 saturated carbocycles. The third-order valence-corrected chi connectivity index (χ3v) is 6.93. The number of rotatable bonds is 6. The fourth-order valence-corrected chi connectivity index (χ4v) is 4.71. The molecule has 5 nitrogen and oxygen atoms in total. The molecule has 162 valence electrons. The van der Waals surface area contributed by atoms with Gasteiger partial charge in [-0.05, 0) is 80.3 Å². The molecule has 0 aliphatic rings.